The Balaban J connectivity index is 1.68. The van der Waals surface area contributed by atoms with Crippen LogP contribution < -0.4 is 10.4 Å². The summed E-state index contributed by atoms with van der Waals surface area (Å²) in [5.74, 6) is -0.489. The molecule has 2 aromatic rings. The van der Waals surface area contributed by atoms with E-state index < -0.39 is 10.0 Å². The van der Waals surface area contributed by atoms with Gasteiger partial charge in [-0.2, -0.15) is 4.31 Å². The van der Waals surface area contributed by atoms with Gasteiger partial charge in [-0.05, 0) is 50.3 Å². The second-order valence-electron chi connectivity index (χ2n) is 6.69. The second-order valence-corrected chi connectivity index (χ2v) is 9.80. The molecule has 1 aromatic heterocycles. The summed E-state index contributed by atoms with van der Waals surface area (Å²) in [4.78, 5) is 12.8. The zero-order chi connectivity index (χ0) is 19.4. The Labute approximate surface area is 164 Å². The third-order valence-electron chi connectivity index (χ3n) is 4.75. The van der Waals surface area contributed by atoms with E-state index in [1.54, 1.807) is 22.5 Å². The number of nitrogens with one attached hydrogen (secondary N) is 1. The van der Waals surface area contributed by atoms with Gasteiger partial charge in [0.15, 0.2) is 0 Å². The molecule has 1 N–H and O–H groups in total. The van der Waals surface area contributed by atoms with Gasteiger partial charge in [0, 0.05) is 19.6 Å². The molecule has 0 radical (unpaired) electrons. The van der Waals surface area contributed by atoms with Crippen LogP contribution in [0.25, 0.3) is 0 Å². The maximum atomic E-state index is 12.8. The monoisotopic (exact) mass is 407 g/mol. The first-order chi connectivity index (χ1) is 12.9. The van der Waals surface area contributed by atoms with Gasteiger partial charge in [-0.25, -0.2) is 8.42 Å². The number of amides is 1. The quantitative estimate of drug-likeness (QED) is 0.748. The summed E-state index contributed by atoms with van der Waals surface area (Å²) in [5, 5.41) is 3.55. The van der Waals surface area contributed by atoms with Crippen LogP contribution >= 0.6 is 11.3 Å². The summed E-state index contributed by atoms with van der Waals surface area (Å²) >= 11 is 1.21. The third-order valence-corrected chi connectivity index (χ3v) is 7.99. The minimum Gasteiger partial charge on any atom is -0.286 e. The summed E-state index contributed by atoms with van der Waals surface area (Å²) < 4.78 is 27.3. The van der Waals surface area contributed by atoms with Gasteiger partial charge in [-0.3, -0.25) is 15.2 Å². The van der Waals surface area contributed by atoms with Crippen molar-refractivity contribution in [1.82, 2.24) is 9.73 Å². The van der Waals surface area contributed by atoms with E-state index >= 15 is 0 Å². The largest absolute Gasteiger partial charge is 0.286 e. The fraction of sp³-hybridized carbons (Fsp3) is 0.421. The highest BCUT2D eigenvalue weighted by Gasteiger charge is 2.34. The lowest BCUT2D eigenvalue weighted by Gasteiger charge is -2.33. The van der Waals surface area contributed by atoms with Crippen molar-refractivity contribution in [3.63, 3.8) is 0 Å². The minimum atomic E-state index is -3.52. The van der Waals surface area contributed by atoms with E-state index in [2.05, 4.69) is 5.43 Å². The number of hydrazine groups is 1. The number of hydrogen-bond acceptors (Lipinski definition) is 5. The van der Waals surface area contributed by atoms with E-state index in [1.807, 2.05) is 38.1 Å². The van der Waals surface area contributed by atoms with Crippen molar-refractivity contribution in [3.8, 4) is 0 Å². The van der Waals surface area contributed by atoms with Crippen LogP contribution in [0.3, 0.4) is 0 Å². The number of carbonyl (C=O) groups excluding carboxylic acids is 1. The number of rotatable bonds is 6. The minimum absolute atomic E-state index is 0.136. The molecule has 1 aliphatic heterocycles. The Kier molecular flexibility index (Phi) is 6.18. The van der Waals surface area contributed by atoms with Crippen LogP contribution in [0.4, 0.5) is 5.69 Å². The number of thiophene rings is 1. The highest BCUT2D eigenvalue weighted by Crippen LogP contribution is 2.26. The predicted octanol–water partition coefficient (Wildman–Crippen LogP) is 3.01. The van der Waals surface area contributed by atoms with Crippen molar-refractivity contribution in [1.29, 1.82) is 0 Å². The first-order valence-corrected chi connectivity index (χ1v) is 11.4. The van der Waals surface area contributed by atoms with Gasteiger partial charge in [0.25, 0.3) is 10.0 Å². The molecule has 8 heteroatoms. The van der Waals surface area contributed by atoms with Gasteiger partial charge in [-0.15, -0.1) is 11.3 Å². The Morgan fingerprint density at radius 2 is 2.04 bits per heavy atom. The molecule has 3 rings (SSSR count). The van der Waals surface area contributed by atoms with E-state index in [4.69, 9.17) is 0 Å². The van der Waals surface area contributed by atoms with Crippen molar-refractivity contribution in [2.45, 2.75) is 30.9 Å². The molecular weight excluding hydrogens is 382 g/mol. The number of aryl methyl sites for hydroxylation is 1. The van der Waals surface area contributed by atoms with Crippen molar-refractivity contribution in [2.24, 2.45) is 5.92 Å². The molecule has 2 heterocycles. The Hall–Kier alpha value is -1.90. The van der Waals surface area contributed by atoms with Crippen LogP contribution in [-0.2, 0) is 14.8 Å². The highest BCUT2D eigenvalue weighted by atomic mass is 32.2. The second kappa shape index (κ2) is 8.41. The van der Waals surface area contributed by atoms with Gasteiger partial charge >= 0.3 is 0 Å². The summed E-state index contributed by atoms with van der Waals surface area (Å²) in [6, 6.07) is 11.3. The smallest absolute Gasteiger partial charge is 0.252 e. The first-order valence-electron chi connectivity index (χ1n) is 9.10. The summed E-state index contributed by atoms with van der Waals surface area (Å²) in [6.07, 6.45) is 1.37. The van der Waals surface area contributed by atoms with E-state index in [9.17, 15) is 13.2 Å². The number of benzene rings is 1. The zero-order valence-electron chi connectivity index (χ0n) is 15.6. The van der Waals surface area contributed by atoms with Gasteiger partial charge in [0.1, 0.15) is 4.21 Å². The normalized spacial score (nSPS) is 18.2. The molecule has 1 amide bonds. The molecule has 6 nitrogen and oxygen atoms in total. The molecule has 0 spiro atoms. The fourth-order valence-electron chi connectivity index (χ4n) is 3.19. The average Bonchev–Trinajstić information content (AvgIpc) is 3.22. The van der Waals surface area contributed by atoms with Crippen LogP contribution in [-0.4, -0.2) is 38.3 Å². The predicted molar refractivity (Wildman–Crippen MR) is 108 cm³/mol. The first kappa shape index (κ1) is 19.9. The fourth-order valence-corrected chi connectivity index (χ4v) is 5.86. The van der Waals surface area contributed by atoms with Gasteiger partial charge < -0.3 is 0 Å². The number of anilines is 1. The van der Waals surface area contributed by atoms with E-state index in [-0.39, 0.29) is 18.4 Å². The number of piperidine rings is 1. The summed E-state index contributed by atoms with van der Waals surface area (Å²) in [5.41, 5.74) is 5.02. The SMILES string of the molecule is CCN(NC(=O)[C@@H]1CCCN(S(=O)(=O)c2cccs2)C1)c1ccc(C)cc1. The van der Waals surface area contributed by atoms with Gasteiger partial charge in [-0.1, -0.05) is 23.8 Å². The topological polar surface area (TPSA) is 69.7 Å². The molecule has 1 fully saturated rings. The standard InChI is InChI=1S/C19H25N3O3S2/c1-3-22(17-10-8-15(2)9-11-17)20-19(23)16-6-4-12-21(14-16)27(24,25)18-7-5-13-26-18/h5,7-11,13,16H,3-4,6,12,14H2,1-2H3,(H,20,23)/t16-/m1/s1. The highest BCUT2D eigenvalue weighted by molar-refractivity contribution is 7.91. The van der Waals surface area contributed by atoms with E-state index in [0.717, 1.165) is 11.3 Å². The lowest BCUT2D eigenvalue weighted by molar-refractivity contribution is -0.126. The molecule has 146 valence electrons. The van der Waals surface area contributed by atoms with Gasteiger partial charge in [0.2, 0.25) is 5.91 Å². The van der Waals surface area contributed by atoms with Crippen LogP contribution in [0.2, 0.25) is 0 Å². The molecule has 1 saturated heterocycles. The van der Waals surface area contributed by atoms with E-state index in [1.165, 1.54) is 15.6 Å². The van der Waals surface area contributed by atoms with Gasteiger partial charge in [0.05, 0.1) is 11.6 Å². The van der Waals surface area contributed by atoms with E-state index in [0.29, 0.717) is 30.1 Å². The molecule has 1 atom stereocenters. The van der Waals surface area contributed by atoms with Crippen molar-refractivity contribution in [2.75, 3.05) is 24.6 Å². The third kappa shape index (κ3) is 4.51. The average molecular weight is 408 g/mol. The lowest BCUT2D eigenvalue weighted by atomic mass is 9.99. The molecular formula is C19H25N3O3S2. The zero-order valence-corrected chi connectivity index (χ0v) is 17.2. The molecule has 0 aliphatic carbocycles. The Morgan fingerprint density at radius 1 is 1.30 bits per heavy atom. The Morgan fingerprint density at radius 3 is 2.67 bits per heavy atom. The molecule has 1 aliphatic rings. The van der Waals surface area contributed by atoms with Crippen molar-refractivity contribution >= 4 is 33.0 Å². The van der Waals surface area contributed by atoms with Crippen LogP contribution in [0.5, 0.6) is 0 Å². The molecule has 0 saturated carbocycles. The van der Waals surface area contributed by atoms with Crippen LogP contribution in [0.1, 0.15) is 25.3 Å². The van der Waals surface area contributed by atoms with Crippen molar-refractivity contribution in [3.05, 3.63) is 47.3 Å². The Bertz CT molecular complexity index is 864. The number of hydrogen-bond donors (Lipinski definition) is 1. The molecule has 1 aromatic carbocycles. The van der Waals surface area contributed by atoms with Crippen LogP contribution in [0.15, 0.2) is 46.0 Å². The molecule has 0 unspecified atom stereocenters. The maximum Gasteiger partial charge on any atom is 0.252 e. The molecule has 27 heavy (non-hydrogen) atoms. The summed E-state index contributed by atoms with van der Waals surface area (Å²) in [7, 11) is -3.52. The number of nitrogens with zero attached hydrogens (tertiary/aromatic N) is 2. The van der Waals surface area contributed by atoms with Crippen LogP contribution in [0, 0.1) is 12.8 Å². The number of sulfonamides is 1. The van der Waals surface area contributed by atoms with Crippen molar-refractivity contribution < 1.29 is 13.2 Å². The molecule has 0 bridgehead atoms. The maximum absolute atomic E-state index is 12.8. The summed E-state index contributed by atoms with van der Waals surface area (Å²) in [6.45, 7) is 5.29. The number of carbonyl (C=O) groups is 1. The lowest BCUT2D eigenvalue weighted by Crippen LogP contribution is -2.50.